The number of aliphatic hydroxyl groups is 1. The first-order valence-electron chi connectivity index (χ1n) is 19.0. The van der Waals surface area contributed by atoms with E-state index in [0.29, 0.717) is 52.5 Å². The Balaban J connectivity index is 0.00000109. The van der Waals surface area contributed by atoms with Crippen molar-refractivity contribution in [1.82, 2.24) is 0 Å². The average molecular weight is 733 g/mol. The normalized spacial score (nSPS) is 11.1. The van der Waals surface area contributed by atoms with E-state index in [-0.39, 0.29) is 41.9 Å². The van der Waals surface area contributed by atoms with Crippen LogP contribution in [0.25, 0.3) is 0 Å². The zero-order chi connectivity index (χ0) is 35.7. The Bertz CT molecular complexity index is 1040. The molecule has 0 saturated heterocycles. The van der Waals surface area contributed by atoms with E-state index in [2.05, 4.69) is 62.4 Å². The summed E-state index contributed by atoms with van der Waals surface area (Å²) in [6.45, 7) is 7.09. The van der Waals surface area contributed by atoms with E-state index in [1.807, 2.05) is 0 Å². The van der Waals surface area contributed by atoms with Gasteiger partial charge in [0.1, 0.15) is 11.5 Å². The average Bonchev–Trinajstić information content (AvgIpc) is 3.09. The third-order valence-electron chi connectivity index (χ3n) is 8.14. The Morgan fingerprint density at radius 1 is 0.500 bits per heavy atom. The van der Waals surface area contributed by atoms with Crippen molar-refractivity contribution in [3.8, 4) is 11.5 Å². The van der Waals surface area contributed by atoms with Crippen LogP contribution in [0.15, 0.2) is 48.5 Å². The number of ether oxygens (including phenoxy) is 4. The summed E-state index contributed by atoms with van der Waals surface area (Å²) in [6, 6.07) is 17.4. The van der Waals surface area contributed by atoms with Gasteiger partial charge in [0.05, 0.1) is 45.4 Å². The Kier molecular flexibility index (Phi) is 34.3. The summed E-state index contributed by atoms with van der Waals surface area (Å²) in [6.07, 6.45) is 22.5. The molecule has 2 aromatic rings. The fourth-order valence-corrected chi connectivity index (χ4v) is 5.82. The molecular formula is C40H69NaO8S. The molecule has 2 N–H and O–H groups in total. The summed E-state index contributed by atoms with van der Waals surface area (Å²) in [5, 5.41) is 8.42. The summed E-state index contributed by atoms with van der Waals surface area (Å²) in [4.78, 5) is 0. The molecule has 0 heterocycles. The summed E-state index contributed by atoms with van der Waals surface area (Å²) in [5.41, 5.74) is 2.84. The monoisotopic (exact) mass is 732 g/mol. The van der Waals surface area contributed by atoms with Crippen LogP contribution in [0.5, 0.6) is 11.5 Å². The SMILES string of the molecule is CCCCCCCCCc1ccc(Oc2ccc(CCCCCCCCC)cc2)cc1.O=S(=O)(O)CCCCOCCOCCOCCO.[NaH]. The molecule has 2 aromatic carbocycles. The molecule has 10 heteroatoms. The number of rotatable bonds is 31. The summed E-state index contributed by atoms with van der Waals surface area (Å²) < 4.78 is 50.6. The fraction of sp³-hybridized carbons (Fsp3) is 0.700. The molecule has 50 heavy (non-hydrogen) atoms. The van der Waals surface area contributed by atoms with Crippen molar-refractivity contribution in [2.45, 2.75) is 129 Å². The molecule has 0 saturated carbocycles. The third-order valence-corrected chi connectivity index (χ3v) is 8.95. The van der Waals surface area contributed by atoms with E-state index in [1.165, 1.54) is 114 Å². The Morgan fingerprint density at radius 2 is 0.880 bits per heavy atom. The molecule has 0 amide bonds. The zero-order valence-electron chi connectivity index (χ0n) is 30.8. The molecule has 0 aliphatic rings. The Morgan fingerprint density at radius 3 is 1.28 bits per heavy atom. The standard InChI is InChI=1S/C30H46O.C10H22O7S.Na.H/c1-3-5-7-9-11-13-15-17-27-19-23-29(24-20-27)31-30-25-21-28(22-26-30)18-16-14-12-10-8-6-4-2;11-3-5-16-7-9-17-8-6-15-4-1-2-10-18(12,13)14;;/h19-26H,3-18H2,1-2H3;11H,1-10H2,(H,12,13,14);;. The van der Waals surface area contributed by atoms with Crippen LogP contribution in [-0.2, 0) is 37.2 Å². The van der Waals surface area contributed by atoms with Crippen molar-refractivity contribution in [2.24, 2.45) is 0 Å². The molecule has 0 aliphatic heterocycles. The first kappa shape index (κ1) is 49.0. The second kappa shape index (κ2) is 35.0. The second-order valence-electron chi connectivity index (χ2n) is 12.7. The van der Waals surface area contributed by atoms with Gasteiger partial charge in [-0.2, -0.15) is 8.42 Å². The minimum absolute atomic E-state index is 0. The van der Waals surface area contributed by atoms with Gasteiger partial charge in [-0.15, -0.1) is 0 Å². The van der Waals surface area contributed by atoms with Crippen molar-refractivity contribution >= 4 is 39.7 Å². The number of aliphatic hydroxyl groups excluding tert-OH is 1. The minimum atomic E-state index is -3.85. The molecule has 0 aliphatic carbocycles. The van der Waals surface area contributed by atoms with Gasteiger partial charge in [0.15, 0.2) is 0 Å². The fourth-order valence-electron chi connectivity index (χ4n) is 5.25. The first-order valence-corrected chi connectivity index (χ1v) is 20.6. The Labute approximate surface area is 327 Å². The molecule has 0 fully saturated rings. The van der Waals surface area contributed by atoms with Gasteiger partial charge >= 0.3 is 29.6 Å². The van der Waals surface area contributed by atoms with Crippen LogP contribution < -0.4 is 4.74 Å². The van der Waals surface area contributed by atoms with Crippen LogP contribution in [0.2, 0.25) is 0 Å². The topological polar surface area (TPSA) is 112 Å². The molecule has 0 bridgehead atoms. The van der Waals surface area contributed by atoms with E-state index in [9.17, 15) is 8.42 Å². The number of aryl methyl sites for hydroxylation is 2. The number of hydrogen-bond donors (Lipinski definition) is 2. The van der Waals surface area contributed by atoms with Crippen molar-refractivity contribution < 1.29 is 37.0 Å². The molecule has 0 atom stereocenters. The molecule has 0 aromatic heterocycles. The van der Waals surface area contributed by atoms with Crippen LogP contribution in [0.3, 0.4) is 0 Å². The van der Waals surface area contributed by atoms with Crippen molar-refractivity contribution in [3.63, 3.8) is 0 Å². The molecule has 0 unspecified atom stereocenters. The quantitative estimate of drug-likeness (QED) is 0.0449. The number of benzene rings is 2. The third kappa shape index (κ3) is 31.7. The number of hydrogen-bond acceptors (Lipinski definition) is 7. The van der Waals surface area contributed by atoms with Crippen molar-refractivity contribution in [2.75, 3.05) is 52.0 Å². The van der Waals surface area contributed by atoms with Crippen LogP contribution >= 0.6 is 0 Å². The van der Waals surface area contributed by atoms with E-state index in [0.717, 1.165) is 11.5 Å². The first-order chi connectivity index (χ1) is 23.9. The van der Waals surface area contributed by atoms with Gasteiger partial charge in [0.2, 0.25) is 0 Å². The van der Waals surface area contributed by atoms with Crippen LogP contribution in [0, 0.1) is 0 Å². The predicted molar refractivity (Wildman–Crippen MR) is 209 cm³/mol. The van der Waals surface area contributed by atoms with Gasteiger partial charge in [-0.05, 0) is 73.9 Å². The van der Waals surface area contributed by atoms with Gasteiger partial charge in [-0.3, -0.25) is 4.55 Å². The molecule has 0 spiro atoms. The maximum absolute atomic E-state index is 10.4. The summed E-state index contributed by atoms with van der Waals surface area (Å²) >= 11 is 0. The van der Waals surface area contributed by atoms with Gasteiger partial charge in [0, 0.05) is 6.61 Å². The number of unbranched alkanes of at least 4 members (excludes halogenated alkanes) is 13. The van der Waals surface area contributed by atoms with Gasteiger partial charge < -0.3 is 24.1 Å². The van der Waals surface area contributed by atoms with Crippen molar-refractivity contribution in [1.29, 1.82) is 0 Å². The van der Waals surface area contributed by atoms with Gasteiger partial charge in [-0.25, -0.2) is 0 Å². The molecule has 2 rings (SSSR count). The van der Waals surface area contributed by atoms with E-state index >= 15 is 0 Å². The zero-order valence-corrected chi connectivity index (χ0v) is 31.6. The van der Waals surface area contributed by atoms with Crippen LogP contribution in [0.4, 0.5) is 0 Å². The summed E-state index contributed by atoms with van der Waals surface area (Å²) in [7, 11) is -3.85. The maximum atomic E-state index is 10.4. The van der Waals surface area contributed by atoms with Crippen LogP contribution in [-0.4, -0.2) is 99.6 Å². The van der Waals surface area contributed by atoms with E-state index < -0.39 is 10.1 Å². The second-order valence-corrected chi connectivity index (χ2v) is 14.3. The molecular weight excluding hydrogens is 663 g/mol. The Hall–Kier alpha value is -1.01. The summed E-state index contributed by atoms with van der Waals surface area (Å²) in [5.74, 6) is 1.64. The molecule has 8 nitrogen and oxygen atoms in total. The predicted octanol–water partition coefficient (Wildman–Crippen LogP) is 9.11. The molecule has 284 valence electrons. The van der Waals surface area contributed by atoms with Gasteiger partial charge in [-0.1, -0.05) is 115 Å². The van der Waals surface area contributed by atoms with E-state index in [1.54, 1.807) is 0 Å². The van der Waals surface area contributed by atoms with Gasteiger partial charge in [0.25, 0.3) is 10.1 Å². The van der Waals surface area contributed by atoms with E-state index in [4.69, 9.17) is 28.6 Å². The van der Waals surface area contributed by atoms with Crippen molar-refractivity contribution in [3.05, 3.63) is 59.7 Å². The van der Waals surface area contributed by atoms with Crippen LogP contribution in [0.1, 0.15) is 128 Å². The molecule has 0 radical (unpaired) electrons.